The van der Waals surface area contributed by atoms with Crippen LogP contribution in [0.3, 0.4) is 0 Å². The van der Waals surface area contributed by atoms with Gasteiger partial charge in [0, 0.05) is 36.8 Å². The average molecular weight is 430 g/mol. The zero-order valence-corrected chi connectivity index (χ0v) is 15.2. The monoisotopic (exact) mass is 430 g/mol. The molecule has 4 rings (SSSR count). The summed E-state index contributed by atoms with van der Waals surface area (Å²) in [6, 6.07) is 5.05. The van der Waals surface area contributed by atoms with Gasteiger partial charge in [0.15, 0.2) is 0 Å². The normalized spacial score (nSPS) is 25.5. The molecule has 11 heteroatoms. The van der Waals surface area contributed by atoms with Gasteiger partial charge in [-0.3, -0.25) is 4.98 Å². The lowest BCUT2D eigenvalue weighted by molar-refractivity contribution is -0.139. The molecule has 1 aromatic heterocycles. The van der Waals surface area contributed by atoms with E-state index in [1.807, 2.05) is 0 Å². The molecule has 2 amide bonds. The highest BCUT2D eigenvalue weighted by atomic mass is 19.4. The number of aromatic nitrogens is 1. The Morgan fingerprint density at radius 1 is 1.00 bits per heavy atom. The molecular formula is C19H16F6N4O. The standard InChI is InChI=1S/C19H16F6N4O/c20-18(21,22)10-3-5-11(6-4-10)28-16(30)29-17(13-8-26-9-14(13)17)15-12(19(23,24)25)2-1-7-27-15/h1-7,13-14,26H,8-9H2,(H2,28,29,30)/t13-,14?,17-/m1/s1. The van der Waals surface area contributed by atoms with Gasteiger partial charge in [-0.2, -0.15) is 26.3 Å². The van der Waals surface area contributed by atoms with E-state index in [4.69, 9.17) is 0 Å². The fraction of sp³-hybridized carbons (Fsp3) is 0.368. The molecular weight excluding hydrogens is 414 g/mol. The molecule has 1 aromatic carbocycles. The second kappa shape index (κ2) is 6.86. The number of rotatable bonds is 3. The second-order valence-electron chi connectivity index (χ2n) is 7.29. The van der Waals surface area contributed by atoms with Gasteiger partial charge in [-0.15, -0.1) is 0 Å². The van der Waals surface area contributed by atoms with E-state index in [0.29, 0.717) is 13.1 Å². The minimum absolute atomic E-state index is 0.0802. The maximum Gasteiger partial charge on any atom is 0.418 e. The van der Waals surface area contributed by atoms with Gasteiger partial charge in [0.25, 0.3) is 0 Å². The van der Waals surface area contributed by atoms with Gasteiger partial charge < -0.3 is 16.0 Å². The summed E-state index contributed by atoms with van der Waals surface area (Å²) in [6.45, 7) is 0.832. The van der Waals surface area contributed by atoms with Gasteiger partial charge in [-0.25, -0.2) is 4.79 Å². The Bertz CT molecular complexity index is 947. The topological polar surface area (TPSA) is 66.0 Å². The van der Waals surface area contributed by atoms with Crippen LogP contribution in [-0.4, -0.2) is 24.1 Å². The zero-order chi connectivity index (χ0) is 21.7. The molecule has 2 heterocycles. The van der Waals surface area contributed by atoms with Gasteiger partial charge in [-0.05, 0) is 36.4 Å². The Balaban J connectivity index is 1.58. The smallest absolute Gasteiger partial charge is 0.326 e. The number of amides is 2. The Morgan fingerprint density at radius 3 is 2.20 bits per heavy atom. The Labute approximate surface area is 166 Å². The van der Waals surface area contributed by atoms with Crippen molar-refractivity contribution in [2.24, 2.45) is 11.8 Å². The first-order valence-corrected chi connectivity index (χ1v) is 9.03. The average Bonchev–Trinajstić information content (AvgIpc) is 3.01. The summed E-state index contributed by atoms with van der Waals surface area (Å²) in [5.41, 5.74) is -3.27. The van der Waals surface area contributed by atoms with Crippen LogP contribution in [0, 0.1) is 11.8 Å². The van der Waals surface area contributed by atoms with E-state index in [-0.39, 0.29) is 23.2 Å². The van der Waals surface area contributed by atoms with Gasteiger partial charge in [0.05, 0.1) is 22.4 Å². The van der Waals surface area contributed by atoms with Crippen LogP contribution in [0.2, 0.25) is 0 Å². The Morgan fingerprint density at radius 2 is 1.63 bits per heavy atom. The van der Waals surface area contributed by atoms with Crippen molar-refractivity contribution in [3.8, 4) is 0 Å². The molecule has 1 aliphatic carbocycles. The lowest BCUT2D eigenvalue weighted by Crippen LogP contribution is -2.45. The molecule has 1 saturated heterocycles. The number of hydrogen-bond donors (Lipinski definition) is 3. The molecule has 0 spiro atoms. The molecule has 5 nitrogen and oxygen atoms in total. The number of nitrogens with zero attached hydrogens (tertiary/aromatic N) is 1. The second-order valence-corrected chi connectivity index (χ2v) is 7.29. The van der Waals surface area contributed by atoms with E-state index in [9.17, 15) is 31.1 Å². The van der Waals surface area contributed by atoms with Gasteiger partial charge in [-0.1, -0.05) is 0 Å². The molecule has 1 saturated carbocycles. The molecule has 1 aliphatic heterocycles. The van der Waals surface area contributed by atoms with E-state index >= 15 is 0 Å². The minimum Gasteiger partial charge on any atom is -0.326 e. The van der Waals surface area contributed by atoms with E-state index in [1.54, 1.807) is 0 Å². The number of carbonyl (C=O) groups is 1. The van der Waals surface area contributed by atoms with Crippen molar-refractivity contribution < 1.29 is 31.1 Å². The molecule has 2 aliphatic rings. The fourth-order valence-electron chi connectivity index (χ4n) is 4.19. The van der Waals surface area contributed by atoms with E-state index in [1.165, 1.54) is 12.3 Å². The summed E-state index contributed by atoms with van der Waals surface area (Å²) in [5, 5.41) is 8.06. The van der Waals surface area contributed by atoms with Crippen molar-refractivity contribution in [1.29, 1.82) is 0 Å². The number of fused-ring (bicyclic) bond motifs is 1. The van der Waals surface area contributed by atoms with Crippen molar-refractivity contribution in [1.82, 2.24) is 15.6 Å². The number of piperidine rings is 1. The lowest BCUT2D eigenvalue weighted by atomic mass is 9.99. The molecule has 2 aromatic rings. The fourth-order valence-corrected chi connectivity index (χ4v) is 4.19. The number of hydrogen-bond acceptors (Lipinski definition) is 3. The van der Waals surface area contributed by atoms with Crippen LogP contribution in [-0.2, 0) is 17.9 Å². The van der Waals surface area contributed by atoms with Crippen LogP contribution in [0.15, 0.2) is 42.6 Å². The number of anilines is 1. The summed E-state index contributed by atoms with van der Waals surface area (Å²) in [4.78, 5) is 16.5. The first-order valence-electron chi connectivity index (χ1n) is 9.03. The molecule has 30 heavy (non-hydrogen) atoms. The highest BCUT2D eigenvalue weighted by Gasteiger charge is 2.70. The molecule has 0 radical (unpaired) electrons. The largest absolute Gasteiger partial charge is 0.418 e. The highest BCUT2D eigenvalue weighted by Crippen LogP contribution is 2.60. The maximum absolute atomic E-state index is 13.5. The van der Waals surface area contributed by atoms with Crippen LogP contribution in [0.4, 0.5) is 36.8 Å². The van der Waals surface area contributed by atoms with Crippen LogP contribution in [0.25, 0.3) is 0 Å². The number of benzene rings is 1. The number of nitrogens with one attached hydrogen (secondary N) is 3. The van der Waals surface area contributed by atoms with Gasteiger partial charge in [0.1, 0.15) is 0 Å². The number of pyridine rings is 1. The number of halogens is 6. The predicted octanol–water partition coefficient (Wildman–Crippen LogP) is 3.99. The Hall–Kier alpha value is -2.82. The summed E-state index contributed by atoms with van der Waals surface area (Å²) in [6.07, 6.45) is -7.92. The first-order chi connectivity index (χ1) is 14.0. The quantitative estimate of drug-likeness (QED) is 0.646. The molecule has 3 N–H and O–H groups in total. The predicted molar refractivity (Wildman–Crippen MR) is 94.4 cm³/mol. The van der Waals surface area contributed by atoms with Gasteiger partial charge >= 0.3 is 18.4 Å². The van der Waals surface area contributed by atoms with Crippen molar-refractivity contribution in [3.05, 3.63) is 59.4 Å². The third kappa shape index (κ3) is 3.47. The van der Waals surface area contributed by atoms with Crippen LogP contribution < -0.4 is 16.0 Å². The molecule has 1 unspecified atom stereocenters. The van der Waals surface area contributed by atoms with Crippen LogP contribution in [0.1, 0.15) is 16.8 Å². The summed E-state index contributed by atoms with van der Waals surface area (Å²) >= 11 is 0. The van der Waals surface area contributed by atoms with Crippen molar-refractivity contribution in [3.63, 3.8) is 0 Å². The van der Waals surface area contributed by atoms with Crippen molar-refractivity contribution >= 4 is 11.7 Å². The Kier molecular flexibility index (Phi) is 4.68. The van der Waals surface area contributed by atoms with Crippen molar-refractivity contribution in [2.75, 3.05) is 18.4 Å². The van der Waals surface area contributed by atoms with E-state index in [0.717, 1.165) is 30.3 Å². The third-order valence-corrected chi connectivity index (χ3v) is 5.57. The first kappa shape index (κ1) is 20.5. The number of carbonyl (C=O) groups excluding carboxylic acids is 1. The van der Waals surface area contributed by atoms with Gasteiger partial charge in [0.2, 0.25) is 0 Å². The summed E-state index contributed by atoms with van der Waals surface area (Å²) in [5.74, 6) is -0.543. The van der Waals surface area contributed by atoms with Crippen molar-refractivity contribution in [2.45, 2.75) is 17.9 Å². The van der Waals surface area contributed by atoms with E-state index in [2.05, 4.69) is 20.9 Å². The number of alkyl halides is 6. The number of urea groups is 1. The van der Waals surface area contributed by atoms with E-state index < -0.39 is 35.0 Å². The summed E-state index contributed by atoms with van der Waals surface area (Å²) in [7, 11) is 0. The SMILES string of the molecule is O=C(Nc1ccc(C(F)(F)F)cc1)N[C@@]1(c2ncccc2C(F)(F)F)C2CNC[C@H]21. The lowest BCUT2D eigenvalue weighted by Gasteiger charge is -2.26. The molecule has 160 valence electrons. The highest BCUT2D eigenvalue weighted by molar-refractivity contribution is 5.90. The summed E-state index contributed by atoms with van der Waals surface area (Å²) < 4.78 is 78.6. The third-order valence-electron chi connectivity index (χ3n) is 5.57. The molecule has 3 atom stereocenters. The molecule has 0 bridgehead atoms. The zero-order valence-electron chi connectivity index (χ0n) is 15.2. The van der Waals surface area contributed by atoms with Crippen LogP contribution in [0.5, 0.6) is 0 Å². The minimum atomic E-state index is -4.65. The van der Waals surface area contributed by atoms with Crippen LogP contribution >= 0.6 is 0 Å². The molecule has 2 fully saturated rings. The maximum atomic E-state index is 13.5.